The summed E-state index contributed by atoms with van der Waals surface area (Å²) in [5.74, 6) is 0.930. The van der Waals surface area contributed by atoms with Crippen molar-refractivity contribution in [2.24, 2.45) is 0 Å². The highest BCUT2D eigenvalue weighted by Gasteiger charge is 1.94. The van der Waals surface area contributed by atoms with Crippen LogP contribution in [0.15, 0.2) is 24.3 Å². The molecule has 0 unspecified atom stereocenters. The molecule has 2 heteroatoms. The topological polar surface area (TPSA) is 21.3 Å². The van der Waals surface area contributed by atoms with Crippen molar-refractivity contribution < 1.29 is 4.74 Å². The lowest BCUT2D eigenvalue weighted by atomic mass is 10.1. The van der Waals surface area contributed by atoms with Crippen LogP contribution in [0, 0.1) is 0 Å². The summed E-state index contributed by atoms with van der Waals surface area (Å²) in [7, 11) is 1.70. The van der Waals surface area contributed by atoms with E-state index in [-0.39, 0.29) is 0 Å². The zero-order valence-corrected chi connectivity index (χ0v) is 10.5. The molecule has 1 rings (SSSR count). The van der Waals surface area contributed by atoms with Gasteiger partial charge in [-0.25, -0.2) is 0 Å². The maximum absolute atomic E-state index is 5.12. The van der Waals surface area contributed by atoms with E-state index in [4.69, 9.17) is 4.74 Å². The zero-order valence-electron chi connectivity index (χ0n) is 10.5. The van der Waals surface area contributed by atoms with Crippen LogP contribution in [-0.2, 0) is 6.42 Å². The lowest BCUT2D eigenvalue weighted by Crippen LogP contribution is -2.18. The van der Waals surface area contributed by atoms with Crippen molar-refractivity contribution in [1.82, 2.24) is 5.32 Å². The fraction of sp³-hybridized carbons (Fsp3) is 0.571. The van der Waals surface area contributed by atoms with E-state index in [0.29, 0.717) is 0 Å². The van der Waals surface area contributed by atoms with Gasteiger partial charge in [-0.3, -0.25) is 0 Å². The van der Waals surface area contributed by atoms with Crippen molar-refractivity contribution in [3.63, 3.8) is 0 Å². The van der Waals surface area contributed by atoms with Gasteiger partial charge >= 0.3 is 0 Å². The molecule has 0 fully saturated rings. The number of nitrogens with one attached hydrogen (secondary N) is 1. The molecule has 0 spiro atoms. The molecule has 2 nitrogen and oxygen atoms in total. The molecule has 0 saturated carbocycles. The van der Waals surface area contributed by atoms with Crippen LogP contribution in [-0.4, -0.2) is 20.2 Å². The lowest BCUT2D eigenvalue weighted by molar-refractivity contribution is 0.414. The van der Waals surface area contributed by atoms with Crippen LogP contribution in [0.1, 0.15) is 31.7 Å². The van der Waals surface area contributed by atoms with Crippen molar-refractivity contribution >= 4 is 0 Å². The van der Waals surface area contributed by atoms with Gasteiger partial charge in [-0.15, -0.1) is 0 Å². The van der Waals surface area contributed by atoms with Crippen LogP contribution < -0.4 is 10.1 Å². The molecule has 1 aromatic rings. The van der Waals surface area contributed by atoms with Gasteiger partial charge in [0.2, 0.25) is 0 Å². The Labute approximate surface area is 99.0 Å². The highest BCUT2D eigenvalue weighted by Crippen LogP contribution is 2.11. The monoisotopic (exact) mass is 221 g/mol. The second kappa shape index (κ2) is 8.17. The number of methoxy groups -OCH3 is 1. The van der Waals surface area contributed by atoms with Crippen LogP contribution in [0.2, 0.25) is 0 Å². The van der Waals surface area contributed by atoms with Crippen molar-refractivity contribution in [3.8, 4) is 5.75 Å². The van der Waals surface area contributed by atoms with Gasteiger partial charge in [-0.1, -0.05) is 31.9 Å². The van der Waals surface area contributed by atoms with Gasteiger partial charge in [-0.2, -0.15) is 0 Å². The Morgan fingerprint density at radius 2 is 1.81 bits per heavy atom. The molecule has 1 aromatic carbocycles. The Morgan fingerprint density at radius 1 is 1.06 bits per heavy atom. The first-order chi connectivity index (χ1) is 7.86. The number of ether oxygens (including phenoxy) is 1. The third-order valence-corrected chi connectivity index (χ3v) is 2.71. The molecule has 16 heavy (non-hydrogen) atoms. The van der Waals surface area contributed by atoms with Gasteiger partial charge in [0.25, 0.3) is 0 Å². The average molecular weight is 221 g/mol. The molecule has 0 aliphatic heterocycles. The van der Waals surface area contributed by atoms with E-state index >= 15 is 0 Å². The smallest absolute Gasteiger partial charge is 0.118 e. The summed E-state index contributed by atoms with van der Waals surface area (Å²) in [6.45, 7) is 4.44. The van der Waals surface area contributed by atoms with Crippen molar-refractivity contribution in [2.75, 3.05) is 20.2 Å². The van der Waals surface area contributed by atoms with E-state index in [9.17, 15) is 0 Å². The Balaban J connectivity index is 2.12. The predicted octanol–water partition coefficient (Wildman–Crippen LogP) is 3.02. The van der Waals surface area contributed by atoms with E-state index in [1.54, 1.807) is 7.11 Å². The lowest BCUT2D eigenvalue weighted by Gasteiger charge is -2.05. The van der Waals surface area contributed by atoms with E-state index in [1.165, 1.54) is 24.8 Å². The summed E-state index contributed by atoms with van der Waals surface area (Å²) < 4.78 is 5.12. The Hall–Kier alpha value is -1.02. The first-order valence-corrected chi connectivity index (χ1v) is 6.20. The van der Waals surface area contributed by atoms with Crippen LogP contribution in [0.25, 0.3) is 0 Å². The molecule has 0 amide bonds. The normalized spacial score (nSPS) is 10.4. The molecule has 1 N–H and O–H groups in total. The van der Waals surface area contributed by atoms with Gasteiger partial charge in [-0.05, 0) is 43.6 Å². The largest absolute Gasteiger partial charge is 0.497 e. The minimum atomic E-state index is 0.930. The number of unbranched alkanes of at least 4 members (excludes halogenated alkanes) is 2. The Bertz CT molecular complexity index is 269. The number of hydrogen-bond donors (Lipinski definition) is 1. The molecule has 90 valence electrons. The number of rotatable bonds is 8. The highest BCUT2D eigenvalue weighted by molar-refractivity contribution is 5.27. The molecule has 0 saturated heterocycles. The van der Waals surface area contributed by atoms with Crippen molar-refractivity contribution in [1.29, 1.82) is 0 Å². The van der Waals surface area contributed by atoms with Crippen LogP contribution in [0.4, 0.5) is 0 Å². The second-order valence-corrected chi connectivity index (χ2v) is 4.06. The molecule has 0 aromatic heterocycles. The molecule has 0 heterocycles. The Morgan fingerprint density at radius 3 is 2.44 bits per heavy atom. The molecule has 0 aliphatic rings. The summed E-state index contributed by atoms with van der Waals surface area (Å²) in [6, 6.07) is 8.30. The first-order valence-electron chi connectivity index (χ1n) is 6.20. The molecular weight excluding hydrogens is 198 g/mol. The van der Waals surface area contributed by atoms with Crippen molar-refractivity contribution in [2.45, 2.75) is 32.6 Å². The van der Waals surface area contributed by atoms with E-state index in [0.717, 1.165) is 25.3 Å². The zero-order chi connectivity index (χ0) is 11.6. The van der Waals surface area contributed by atoms with Gasteiger partial charge < -0.3 is 10.1 Å². The van der Waals surface area contributed by atoms with Gasteiger partial charge in [0, 0.05) is 0 Å². The fourth-order valence-corrected chi connectivity index (χ4v) is 1.65. The van der Waals surface area contributed by atoms with Gasteiger partial charge in [0.05, 0.1) is 7.11 Å². The number of hydrogen-bond acceptors (Lipinski definition) is 2. The van der Waals surface area contributed by atoms with E-state index in [2.05, 4.69) is 24.4 Å². The van der Waals surface area contributed by atoms with Crippen molar-refractivity contribution in [3.05, 3.63) is 29.8 Å². The molecule has 0 atom stereocenters. The minimum absolute atomic E-state index is 0.930. The fourth-order valence-electron chi connectivity index (χ4n) is 1.65. The van der Waals surface area contributed by atoms with E-state index in [1.807, 2.05) is 12.1 Å². The molecular formula is C14H23NO. The SMILES string of the molecule is CCCCCNCCc1ccc(OC)cc1. The van der Waals surface area contributed by atoms with E-state index < -0.39 is 0 Å². The third-order valence-electron chi connectivity index (χ3n) is 2.71. The maximum atomic E-state index is 5.12. The highest BCUT2D eigenvalue weighted by atomic mass is 16.5. The standard InChI is InChI=1S/C14H23NO/c1-3-4-5-11-15-12-10-13-6-8-14(16-2)9-7-13/h6-9,15H,3-5,10-12H2,1-2H3. The van der Waals surface area contributed by atoms with Gasteiger partial charge in [0.15, 0.2) is 0 Å². The average Bonchev–Trinajstić information content (AvgIpc) is 2.34. The molecule has 0 radical (unpaired) electrons. The summed E-state index contributed by atoms with van der Waals surface area (Å²) in [5.41, 5.74) is 1.36. The third kappa shape index (κ3) is 5.17. The predicted molar refractivity (Wildman–Crippen MR) is 69.1 cm³/mol. The number of benzene rings is 1. The quantitative estimate of drug-likeness (QED) is 0.681. The van der Waals surface area contributed by atoms with Crippen LogP contribution >= 0.6 is 0 Å². The molecule has 0 bridgehead atoms. The second-order valence-electron chi connectivity index (χ2n) is 4.06. The van der Waals surface area contributed by atoms with Gasteiger partial charge in [0.1, 0.15) is 5.75 Å². The summed E-state index contributed by atoms with van der Waals surface area (Å²) in [5, 5.41) is 3.47. The van der Waals surface area contributed by atoms with Crippen LogP contribution in [0.5, 0.6) is 5.75 Å². The Kier molecular flexibility index (Phi) is 6.66. The maximum Gasteiger partial charge on any atom is 0.118 e. The molecule has 0 aliphatic carbocycles. The summed E-state index contributed by atoms with van der Waals surface area (Å²) >= 11 is 0. The summed E-state index contributed by atoms with van der Waals surface area (Å²) in [6.07, 6.45) is 5.00. The summed E-state index contributed by atoms with van der Waals surface area (Å²) in [4.78, 5) is 0. The first kappa shape index (κ1) is 13.0. The minimum Gasteiger partial charge on any atom is -0.497 e. The van der Waals surface area contributed by atoms with Crippen LogP contribution in [0.3, 0.4) is 0 Å².